The first-order valence-corrected chi connectivity index (χ1v) is 10.1. The van der Waals surface area contributed by atoms with Gasteiger partial charge in [0.15, 0.2) is 0 Å². The van der Waals surface area contributed by atoms with Gasteiger partial charge < -0.3 is 9.88 Å². The highest BCUT2D eigenvalue weighted by Crippen LogP contribution is 2.34. The summed E-state index contributed by atoms with van der Waals surface area (Å²) >= 11 is 0.835. The molecule has 154 valence electrons. The summed E-state index contributed by atoms with van der Waals surface area (Å²) in [5.41, 5.74) is 1.99. The van der Waals surface area contributed by atoms with Crippen LogP contribution in [0.4, 0.5) is 14.9 Å². The van der Waals surface area contributed by atoms with Crippen LogP contribution in [0.25, 0.3) is 17.0 Å². The van der Waals surface area contributed by atoms with Crippen molar-refractivity contribution in [1.82, 2.24) is 9.47 Å². The number of imide groups is 1. The van der Waals surface area contributed by atoms with E-state index < -0.39 is 11.1 Å². The number of para-hydroxylation sites is 1. The molecule has 2 heterocycles. The van der Waals surface area contributed by atoms with E-state index in [1.165, 1.54) is 24.3 Å². The molecule has 0 aliphatic carbocycles. The standard InChI is InChI=1S/C23H16FN3O3S/c1-2-11-27-22(29)20(31-23(27)30)12-15-13-26(19-6-4-3-5-18(15)19)14-21(28)25-17-9-7-16(24)8-10-17/h1,3-10,12-13H,11,14H2,(H,25,28)/b20-12-. The fourth-order valence-electron chi connectivity index (χ4n) is 3.28. The Labute approximate surface area is 181 Å². The van der Waals surface area contributed by atoms with Gasteiger partial charge >= 0.3 is 0 Å². The number of anilines is 1. The maximum absolute atomic E-state index is 13.1. The van der Waals surface area contributed by atoms with Gasteiger partial charge in [-0.05, 0) is 48.2 Å². The van der Waals surface area contributed by atoms with Crippen molar-refractivity contribution in [1.29, 1.82) is 0 Å². The van der Waals surface area contributed by atoms with Crippen LogP contribution in [0.5, 0.6) is 0 Å². The normalized spacial score (nSPS) is 15.0. The average Bonchev–Trinajstić information content (AvgIpc) is 3.22. The summed E-state index contributed by atoms with van der Waals surface area (Å²) in [5, 5.41) is 3.16. The molecule has 1 N–H and O–H groups in total. The molecule has 1 saturated heterocycles. The molecule has 1 aliphatic rings. The van der Waals surface area contributed by atoms with Crippen molar-refractivity contribution in [3.63, 3.8) is 0 Å². The second-order valence-corrected chi connectivity index (χ2v) is 7.75. The summed E-state index contributed by atoms with van der Waals surface area (Å²) in [6.45, 7) is -0.0579. The fraction of sp³-hybridized carbons (Fsp3) is 0.0870. The molecule has 0 radical (unpaired) electrons. The first-order valence-electron chi connectivity index (χ1n) is 9.28. The first-order chi connectivity index (χ1) is 15.0. The van der Waals surface area contributed by atoms with Crippen LogP contribution in [0.15, 0.2) is 59.6 Å². The fourth-order valence-corrected chi connectivity index (χ4v) is 4.11. The van der Waals surface area contributed by atoms with E-state index in [2.05, 4.69) is 11.2 Å². The van der Waals surface area contributed by atoms with Crippen molar-refractivity contribution in [2.45, 2.75) is 6.54 Å². The number of nitrogens with one attached hydrogen (secondary N) is 1. The Morgan fingerprint density at radius 1 is 1.16 bits per heavy atom. The zero-order valence-electron chi connectivity index (χ0n) is 16.2. The van der Waals surface area contributed by atoms with E-state index in [9.17, 15) is 18.8 Å². The molecule has 31 heavy (non-hydrogen) atoms. The number of carbonyl (C=O) groups is 3. The maximum Gasteiger partial charge on any atom is 0.294 e. The van der Waals surface area contributed by atoms with Crippen molar-refractivity contribution in [3.05, 3.63) is 71.0 Å². The minimum Gasteiger partial charge on any atom is -0.337 e. The molecule has 0 spiro atoms. The van der Waals surface area contributed by atoms with E-state index in [-0.39, 0.29) is 29.7 Å². The summed E-state index contributed by atoms with van der Waals surface area (Å²) < 4.78 is 14.8. The first kappa shape index (κ1) is 20.4. The maximum atomic E-state index is 13.1. The van der Waals surface area contributed by atoms with E-state index in [1.807, 2.05) is 24.3 Å². The van der Waals surface area contributed by atoms with Crippen molar-refractivity contribution in [3.8, 4) is 12.3 Å². The summed E-state index contributed by atoms with van der Waals surface area (Å²) in [5.74, 6) is 1.21. The lowest BCUT2D eigenvalue weighted by Crippen LogP contribution is -2.28. The van der Waals surface area contributed by atoms with Crippen molar-refractivity contribution >= 4 is 51.5 Å². The van der Waals surface area contributed by atoms with Gasteiger partial charge in [0.05, 0.1) is 11.4 Å². The number of aromatic nitrogens is 1. The second kappa shape index (κ2) is 8.50. The Bertz CT molecular complexity index is 1270. The predicted molar refractivity (Wildman–Crippen MR) is 118 cm³/mol. The second-order valence-electron chi connectivity index (χ2n) is 6.76. The highest BCUT2D eigenvalue weighted by Gasteiger charge is 2.34. The van der Waals surface area contributed by atoms with Crippen molar-refractivity contribution < 1.29 is 18.8 Å². The van der Waals surface area contributed by atoms with Crippen LogP contribution in [0.3, 0.4) is 0 Å². The van der Waals surface area contributed by atoms with E-state index in [4.69, 9.17) is 6.42 Å². The van der Waals surface area contributed by atoms with Gasteiger partial charge in [-0.1, -0.05) is 24.1 Å². The molecule has 4 rings (SSSR count). The smallest absolute Gasteiger partial charge is 0.294 e. The van der Waals surface area contributed by atoms with Gasteiger partial charge in [-0.15, -0.1) is 6.42 Å². The van der Waals surface area contributed by atoms with E-state index in [0.717, 1.165) is 27.6 Å². The SMILES string of the molecule is C#CCN1C(=O)S/C(=C\c2cn(CC(=O)Nc3ccc(F)cc3)c3ccccc23)C1=O. The molecular weight excluding hydrogens is 417 g/mol. The topological polar surface area (TPSA) is 71.4 Å². The van der Waals surface area contributed by atoms with Crippen LogP contribution in [0, 0.1) is 18.2 Å². The third-order valence-corrected chi connectivity index (χ3v) is 5.58. The van der Waals surface area contributed by atoms with Crippen LogP contribution < -0.4 is 5.32 Å². The highest BCUT2D eigenvalue weighted by molar-refractivity contribution is 8.18. The van der Waals surface area contributed by atoms with Gasteiger partial charge in [-0.3, -0.25) is 19.3 Å². The Hall–Kier alpha value is -3.83. The Balaban J connectivity index is 1.61. The average molecular weight is 433 g/mol. The predicted octanol–water partition coefficient (Wildman–Crippen LogP) is 4.09. The number of terminal acetylenes is 1. The number of benzene rings is 2. The monoisotopic (exact) mass is 433 g/mol. The summed E-state index contributed by atoms with van der Waals surface area (Å²) in [6, 6.07) is 13.0. The number of rotatable bonds is 5. The molecule has 2 aromatic carbocycles. The lowest BCUT2D eigenvalue weighted by Gasteiger charge is -2.07. The number of halogens is 1. The van der Waals surface area contributed by atoms with Gasteiger partial charge in [0.2, 0.25) is 5.91 Å². The number of fused-ring (bicyclic) bond motifs is 1. The minimum absolute atomic E-state index is 0.0182. The molecule has 0 saturated carbocycles. The van der Waals surface area contributed by atoms with Gasteiger partial charge in [0.1, 0.15) is 12.4 Å². The molecule has 3 aromatic rings. The Morgan fingerprint density at radius 3 is 2.65 bits per heavy atom. The van der Waals surface area contributed by atoms with Crippen LogP contribution in [-0.4, -0.2) is 33.1 Å². The van der Waals surface area contributed by atoms with Crippen LogP contribution in [0.2, 0.25) is 0 Å². The summed E-state index contributed by atoms with van der Waals surface area (Å²) in [4.78, 5) is 38.3. The molecule has 1 fully saturated rings. The quantitative estimate of drug-likeness (QED) is 0.486. The number of nitrogens with zero attached hydrogens (tertiary/aromatic N) is 2. The number of hydrogen-bond donors (Lipinski definition) is 1. The van der Waals surface area contributed by atoms with Crippen LogP contribution in [0.1, 0.15) is 5.56 Å². The zero-order valence-corrected chi connectivity index (χ0v) is 17.0. The van der Waals surface area contributed by atoms with Crippen molar-refractivity contribution in [2.75, 3.05) is 11.9 Å². The molecule has 8 heteroatoms. The number of hydrogen-bond acceptors (Lipinski definition) is 4. The van der Waals surface area contributed by atoms with Gasteiger partial charge in [-0.2, -0.15) is 0 Å². The molecule has 0 unspecified atom stereocenters. The molecule has 3 amide bonds. The Morgan fingerprint density at radius 2 is 1.90 bits per heavy atom. The Kier molecular flexibility index (Phi) is 5.60. The number of thioether (sulfide) groups is 1. The number of carbonyl (C=O) groups excluding carboxylic acids is 3. The van der Waals surface area contributed by atoms with Crippen LogP contribution in [-0.2, 0) is 16.1 Å². The molecule has 6 nitrogen and oxygen atoms in total. The molecule has 0 bridgehead atoms. The van der Waals surface area contributed by atoms with Gasteiger partial charge in [0, 0.05) is 28.4 Å². The third-order valence-electron chi connectivity index (χ3n) is 4.67. The largest absolute Gasteiger partial charge is 0.337 e. The van der Waals surface area contributed by atoms with E-state index in [1.54, 1.807) is 16.8 Å². The zero-order chi connectivity index (χ0) is 22.0. The van der Waals surface area contributed by atoms with Crippen LogP contribution >= 0.6 is 11.8 Å². The van der Waals surface area contributed by atoms with E-state index in [0.29, 0.717) is 11.3 Å². The highest BCUT2D eigenvalue weighted by atomic mass is 32.2. The van der Waals surface area contributed by atoms with Gasteiger partial charge in [0.25, 0.3) is 11.1 Å². The molecule has 1 aliphatic heterocycles. The third kappa shape index (κ3) is 4.22. The summed E-state index contributed by atoms with van der Waals surface area (Å²) in [7, 11) is 0. The number of amides is 3. The summed E-state index contributed by atoms with van der Waals surface area (Å²) in [6.07, 6.45) is 8.62. The van der Waals surface area contributed by atoms with Crippen molar-refractivity contribution in [2.24, 2.45) is 0 Å². The lowest BCUT2D eigenvalue weighted by molar-refractivity contribution is -0.122. The van der Waals surface area contributed by atoms with Gasteiger partial charge in [-0.25, -0.2) is 4.39 Å². The minimum atomic E-state index is -0.432. The molecule has 0 atom stereocenters. The molecular formula is C23H16FN3O3S. The molecule has 1 aromatic heterocycles. The van der Waals surface area contributed by atoms with E-state index >= 15 is 0 Å². The lowest BCUT2D eigenvalue weighted by atomic mass is 10.1.